The van der Waals surface area contributed by atoms with Gasteiger partial charge in [0, 0.05) is 24.1 Å². The van der Waals surface area contributed by atoms with E-state index in [1.165, 1.54) is 4.90 Å². The standard InChI is InChI=1S/C17H20BrN3O4/c1-17(2,3)25-16(24)21-7-6-20(10-14(21)15(22)23)13-5-4-11(9-19)8-12(13)18/h4-5,8,14H,6-7,10H2,1-3H3,(H,22,23)/t14-/m0/s1. The number of ether oxygens (including phenoxy) is 1. The number of carboxylic acid groups (broad SMARTS) is 1. The van der Waals surface area contributed by atoms with E-state index in [2.05, 4.69) is 22.0 Å². The van der Waals surface area contributed by atoms with Crippen LogP contribution < -0.4 is 4.90 Å². The highest BCUT2D eigenvalue weighted by Gasteiger charge is 2.38. The van der Waals surface area contributed by atoms with Crippen LogP contribution in [-0.2, 0) is 9.53 Å². The second-order valence-corrected chi connectivity index (χ2v) is 7.61. The molecule has 7 nitrogen and oxygen atoms in total. The van der Waals surface area contributed by atoms with Crippen molar-refractivity contribution in [1.29, 1.82) is 5.26 Å². The lowest BCUT2D eigenvalue weighted by molar-refractivity contribution is -0.143. The predicted molar refractivity (Wildman–Crippen MR) is 95.4 cm³/mol. The summed E-state index contributed by atoms with van der Waals surface area (Å²) in [6, 6.07) is 6.18. The average Bonchev–Trinajstić information content (AvgIpc) is 2.52. The first-order valence-corrected chi connectivity index (χ1v) is 8.58. The molecule has 1 aliphatic heterocycles. The summed E-state index contributed by atoms with van der Waals surface area (Å²) >= 11 is 3.42. The molecule has 1 atom stereocenters. The topological polar surface area (TPSA) is 93.9 Å². The van der Waals surface area contributed by atoms with Gasteiger partial charge in [-0.15, -0.1) is 0 Å². The number of nitriles is 1. The van der Waals surface area contributed by atoms with Crippen LogP contribution in [0.1, 0.15) is 26.3 Å². The summed E-state index contributed by atoms with van der Waals surface area (Å²) in [4.78, 5) is 27.1. The molecular formula is C17H20BrN3O4. The third kappa shape index (κ3) is 4.63. The van der Waals surface area contributed by atoms with Crippen LogP contribution in [0.2, 0.25) is 0 Å². The van der Waals surface area contributed by atoms with Crippen LogP contribution in [0.4, 0.5) is 10.5 Å². The van der Waals surface area contributed by atoms with Gasteiger partial charge in [-0.3, -0.25) is 4.90 Å². The molecule has 0 aliphatic carbocycles. The molecule has 0 saturated carbocycles. The maximum absolute atomic E-state index is 12.3. The van der Waals surface area contributed by atoms with Crippen molar-refractivity contribution in [3.05, 3.63) is 28.2 Å². The van der Waals surface area contributed by atoms with Crippen LogP contribution in [0.15, 0.2) is 22.7 Å². The molecule has 0 spiro atoms. The van der Waals surface area contributed by atoms with E-state index in [-0.39, 0.29) is 13.1 Å². The molecule has 25 heavy (non-hydrogen) atoms. The lowest BCUT2D eigenvalue weighted by Crippen LogP contribution is -2.59. The molecule has 1 aliphatic rings. The highest BCUT2D eigenvalue weighted by Crippen LogP contribution is 2.29. The summed E-state index contributed by atoms with van der Waals surface area (Å²) in [5.41, 5.74) is 0.611. The molecule has 1 aromatic carbocycles. The summed E-state index contributed by atoms with van der Waals surface area (Å²) in [5, 5.41) is 18.5. The van der Waals surface area contributed by atoms with E-state index in [1.54, 1.807) is 39.0 Å². The van der Waals surface area contributed by atoms with Gasteiger partial charge >= 0.3 is 12.1 Å². The van der Waals surface area contributed by atoms with Gasteiger partial charge in [0.25, 0.3) is 0 Å². The summed E-state index contributed by atoms with van der Waals surface area (Å²) < 4.78 is 6.02. The van der Waals surface area contributed by atoms with Gasteiger partial charge in [-0.2, -0.15) is 5.26 Å². The predicted octanol–water partition coefficient (Wildman–Crippen LogP) is 2.83. The lowest BCUT2D eigenvalue weighted by atomic mass is 10.1. The Kier molecular flexibility index (Phi) is 5.58. The van der Waals surface area contributed by atoms with Gasteiger partial charge in [0.2, 0.25) is 0 Å². The smallest absolute Gasteiger partial charge is 0.411 e. The molecule has 8 heteroatoms. The minimum atomic E-state index is -1.08. The molecule has 0 aromatic heterocycles. The van der Waals surface area contributed by atoms with Gasteiger partial charge in [-0.05, 0) is 54.9 Å². The number of anilines is 1. The van der Waals surface area contributed by atoms with Crippen molar-refractivity contribution >= 4 is 33.7 Å². The van der Waals surface area contributed by atoms with Gasteiger partial charge in [0.15, 0.2) is 0 Å². The summed E-state index contributed by atoms with van der Waals surface area (Å²) in [6.45, 7) is 6.06. The van der Waals surface area contributed by atoms with Gasteiger partial charge in [0.1, 0.15) is 11.6 Å². The zero-order chi connectivity index (χ0) is 18.8. The number of piperazine rings is 1. The fourth-order valence-corrected chi connectivity index (χ4v) is 3.21. The second kappa shape index (κ2) is 7.31. The van der Waals surface area contributed by atoms with Gasteiger partial charge in [-0.25, -0.2) is 9.59 Å². The van der Waals surface area contributed by atoms with E-state index in [0.717, 1.165) is 5.69 Å². The average molecular weight is 410 g/mol. The van der Waals surface area contributed by atoms with Crippen LogP contribution in [0, 0.1) is 11.3 Å². The quantitative estimate of drug-likeness (QED) is 0.806. The SMILES string of the molecule is CC(C)(C)OC(=O)N1CCN(c2ccc(C#N)cc2Br)C[C@H]1C(=O)O. The van der Waals surface area contributed by atoms with Gasteiger partial charge < -0.3 is 14.7 Å². The highest BCUT2D eigenvalue weighted by molar-refractivity contribution is 9.10. The van der Waals surface area contributed by atoms with Crippen molar-refractivity contribution in [1.82, 2.24) is 4.90 Å². The van der Waals surface area contributed by atoms with Gasteiger partial charge in [0.05, 0.1) is 17.3 Å². The first kappa shape index (κ1) is 19.1. The van der Waals surface area contributed by atoms with E-state index in [1.807, 2.05) is 4.90 Å². The second-order valence-electron chi connectivity index (χ2n) is 6.75. The summed E-state index contributed by atoms with van der Waals surface area (Å²) in [5.74, 6) is -1.08. The van der Waals surface area contributed by atoms with Crippen molar-refractivity contribution in [2.75, 3.05) is 24.5 Å². The molecule has 0 bridgehead atoms. The highest BCUT2D eigenvalue weighted by atomic mass is 79.9. The third-order valence-corrected chi connectivity index (χ3v) is 4.35. The zero-order valence-corrected chi connectivity index (χ0v) is 15.9. The molecular weight excluding hydrogens is 390 g/mol. The minimum Gasteiger partial charge on any atom is -0.480 e. The molecule has 0 unspecified atom stereocenters. The molecule has 1 fully saturated rings. The fourth-order valence-electron chi connectivity index (χ4n) is 2.59. The van der Waals surface area contributed by atoms with E-state index in [4.69, 9.17) is 10.00 Å². The number of amides is 1. The Labute approximate surface area is 154 Å². The molecule has 134 valence electrons. The molecule has 2 rings (SSSR count). The molecule has 1 amide bonds. The summed E-state index contributed by atoms with van der Waals surface area (Å²) in [6.07, 6.45) is -0.626. The lowest BCUT2D eigenvalue weighted by Gasteiger charge is -2.41. The van der Waals surface area contributed by atoms with E-state index >= 15 is 0 Å². The maximum atomic E-state index is 12.3. The van der Waals surface area contributed by atoms with Crippen molar-refractivity contribution in [2.45, 2.75) is 32.4 Å². The number of hydrogen-bond acceptors (Lipinski definition) is 5. The number of halogens is 1. The largest absolute Gasteiger partial charge is 0.480 e. The number of carboxylic acids is 1. The summed E-state index contributed by atoms with van der Waals surface area (Å²) in [7, 11) is 0. The molecule has 1 N–H and O–H groups in total. The van der Waals surface area contributed by atoms with E-state index in [0.29, 0.717) is 16.6 Å². The normalized spacial score (nSPS) is 17.8. The number of aliphatic carboxylic acids is 1. The van der Waals surface area contributed by atoms with Crippen LogP contribution in [0.3, 0.4) is 0 Å². The van der Waals surface area contributed by atoms with E-state index in [9.17, 15) is 14.7 Å². The number of carbonyl (C=O) groups is 2. The van der Waals surface area contributed by atoms with Crippen LogP contribution in [0.5, 0.6) is 0 Å². The first-order valence-electron chi connectivity index (χ1n) is 7.79. The Balaban J connectivity index is 2.20. The monoisotopic (exact) mass is 409 g/mol. The van der Waals surface area contributed by atoms with Crippen LogP contribution in [-0.4, -0.2) is 53.3 Å². The Hall–Kier alpha value is -2.27. The number of benzene rings is 1. The van der Waals surface area contributed by atoms with Crippen molar-refractivity contribution in [2.24, 2.45) is 0 Å². The van der Waals surface area contributed by atoms with Crippen molar-refractivity contribution in [3.63, 3.8) is 0 Å². The van der Waals surface area contributed by atoms with Crippen LogP contribution in [0.25, 0.3) is 0 Å². The van der Waals surface area contributed by atoms with Gasteiger partial charge in [-0.1, -0.05) is 0 Å². The third-order valence-electron chi connectivity index (χ3n) is 3.71. The Morgan fingerprint density at radius 3 is 2.56 bits per heavy atom. The molecule has 1 heterocycles. The fraction of sp³-hybridized carbons (Fsp3) is 0.471. The van der Waals surface area contributed by atoms with Crippen molar-refractivity contribution < 1.29 is 19.4 Å². The number of hydrogen-bond donors (Lipinski definition) is 1. The molecule has 1 aromatic rings. The number of carbonyl (C=O) groups excluding carboxylic acids is 1. The van der Waals surface area contributed by atoms with Crippen LogP contribution >= 0.6 is 15.9 Å². The maximum Gasteiger partial charge on any atom is 0.411 e. The number of nitrogens with zero attached hydrogens (tertiary/aromatic N) is 3. The Morgan fingerprint density at radius 1 is 1.36 bits per heavy atom. The van der Waals surface area contributed by atoms with E-state index < -0.39 is 23.7 Å². The molecule has 1 saturated heterocycles. The minimum absolute atomic E-state index is 0.138. The number of rotatable bonds is 2. The Morgan fingerprint density at radius 2 is 2.04 bits per heavy atom. The molecule has 0 radical (unpaired) electrons. The Bertz CT molecular complexity index is 724. The van der Waals surface area contributed by atoms with Crippen molar-refractivity contribution in [3.8, 4) is 6.07 Å². The first-order chi connectivity index (χ1) is 11.6. The zero-order valence-electron chi connectivity index (χ0n) is 14.3.